The highest BCUT2D eigenvalue weighted by molar-refractivity contribution is 6.30. The SMILES string of the molecule is C=CCN1C(=O)N[C@@H](c2ccc(Cl)cc2)C2=C1CN(CC(=O)N1CCCC1)C2=O. The molecular weight excluding hydrogens is 392 g/mol. The third-order valence-electron chi connectivity index (χ3n) is 5.60. The zero-order valence-corrected chi connectivity index (χ0v) is 16.8. The van der Waals surface area contributed by atoms with E-state index in [1.165, 1.54) is 9.80 Å². The molecule has 7 nitrogen and oxygen atoms in total. The lowest BCUT2D eigenvalue weighted by molar-refractivity contribution is -0.137. The van der Waals surface area contributed by atoms with Gasteiger partial charge in [0.2, 0.25) is 5.91 Å². The second-order valence-corrected chi connectivity index (χ2v) is 7.88. The normalized spacial score (nSPS) is 21.6. The van der Waals surface area contributed by atoms with Crippen LogP contribution in [0.1, 0.15) is 24.4 Å². The van der Waals surface area contributed by atoms with Crippen molar-refractivity contribution in [3.8, 4) is 0 Å². The van der Waals surface area contributed by atoms with Gasteiger partial charge in [-0.3, -0.25) is 14.5 Å². The molecule has 1 fully saturated rings. The molecule has 1 atom stereocenters. The van der Waals surface area contributed by atoms with Crippen LogP contribution in [0.4, 0.5) is 4.79 Å². The Kier molecular flexibility index (Phi) is 5.32. The number of likely N-dealkylation sites (tertiary alicyclic amines) is 1. The minimum Gasteiger partial charge on any atom is -0.341 e. The van der Waals surface area contributed by atoms with E-state index in [0.717, 1.165) is 31.5 Å². The summed E-state index contributed by atoms with van der Waals surface area (Å²) in [5, 5.41) is 3.49. The lowest BCUT2D eigenvalue weighted by Crippen LogP contribution is -2.47. The monoisotopic (exact) mass is 414 g/mol. The highest BCUT2D eigenvalue weighted by Gasteiger charge is 2.44. The van der Waals surface area contributed by atoms with Gasteiger partial charge in [-0.15, -0.1) is 6.58 Å². The summed E-state index contributed by atoms with van der Waals surface area (Å²) in [6.45, 7) is 5.74. The lowest BCUT2D eigenvalue weighted by atomic mass is 9.95. The van der Waals surface area contributed by atoms with Crippen molar-refractivity contribution in [2.75, 3.05) is 32.7 Å². The minimum atomic E-state index is -0.574. The van der Waals surface area contributed by atoms with Crippen LogP contribution in [0.3, 0.4) is 0 Å². The van der Waals surface area contributed by atoms with Gasteiger partial charge in [-0.1, -0.05) is 29.8 Å². The fourth-order valence-corrected chi connectivity index (χ4v) is 4.26. The van der Waals surface area contributed by atoms with Gasteiger partial charge < -0.3 is 15.1 Å². The van der Waals surface area contributed by atoms with Crippen molar-refractivity contribution in [3.63, 3.8) is 0 Å². The summed E-state index contributed by atoms with van der Waals surface area (Å²) in [4.78, 5) is 43.4. The zero-order chi connectivity index (χ0) is 20.5. The number of rotatable bonds is 5. The summed E-state index contributed by atoms with van der Waals surface area (Å²) >= 11 is 5.99. The van der Waals surface area contributed by atoms with Gasteiger partial charge in [-0.05, 0) is 30.5 Å². The van der Waals surface area contributed by atoms with Crippen LogP contribution in [-0.2, 0) is 9.59 Å². The molecule has 3 aliphatic rings. The summed E-state index contributed by atoms with van der Waals surface area (Å²) < 4.78 is 0. The van der Waals surface area contributed by atoms with Gasteiger partial charge in [0.15, 0.2) is 0 Å². The zero-order valence-electron chi connectivity index (χ0n) is 16.1. The Morgan fingerprint density at radius 2 is 1.90 bits per heavy atom. The first-order valence-electron chi connectivity index (χ1n) is 9.74. The molecule has 4 amide bonds. The minimum absolute atomic E-state index is 0.0231. The van der Waals surface area contributed by atoms with E-state index in [1.807, 2.05) is 0 Å². The average molecular weight is 415 g/mol. The largest absolute Gasteiger partial charge is 0.341 e. The molecule has 29 heavy (non-hydrogen) atoms. The Balaban J connectivity index is 1.64. The molecular formula is C21H23ClN4O3. The summed E-state index contributed by atoms with van der Waals surface area (Å²) in [7, 11) is 0. The molecule has 3 aliphatic heterocycles. The molecule has 0 bridgehead atoms. The number of hydrogen-bond acceptors (Lipinski definition) is 3. The number of carbonyl (C=O) groups excluding carboxylic acids is 3. The topological polar surface area (TPSA) is 73.0 Å². The van der Waals surface area contributed by atoms with E-state index in [4.69, 9.17) is 11.6 Å². The van der Waals surface area contributed by atoms with Crippen molar-refractivity contribution >= 4 is 29.4 Å². The van der Waals surface area contributed by atoms with Crippen molar-refractivity contribution < 1.29 is 14.4 Å². The maximum atomic E-state index is 13.3. The molecule has 0 unspecified atom stereocenters. The van der Waals surface area contributed by atoms with Crippen LogP contribution in [0.5, 0.6) is 0 Å². The second kappa shape index (κ2) is 7.91. The predicted molar refractivity (Wildman–Crippen MR) is 109 cm³/mol. The van der Waals surface area contributed by atoms with Crippen LogP contribution >= 0.6 is 11.6 Å². The van der Waals surface area contributed by atoms with Crippen molar-refractivity contribution in [1.29, 1.82) is 0 Å². The summed E-state index contributed by atoms with van der Waals surface area (Å²) in [5.41, 5.74) is 1.91. The van der Waals surface area contributed by atoms with E-state index in [0.29, 0.717) is 22.8 Å². The van der Waals surface area contributed by atoms with Gasteiger partial charge in [0.05, 0.1) is 23.9 Å². The van der Waals surface area contributed by atoms with Crippen molar-refractivity contribution in [2.45, 2.75) is 18.9 Å². The molecule has 1 saturated heterocycles. The Hall–Kier alpha value is -2.80. The molecule has 1 aromatic carbocycles. The second-order valence-electron chi connectivity index (χ2n) is 7.44. The maximum absolute atomic E-state index is 13.3. The number of benzene rings is 1. The third kappa shape index (κ3) is 3.62. The van der Waals surface area contributed by atoms with Gasteiger partial charge in [-0.25, -0.2) is 4.79 Å². The van der Waals surface area contributed by atoms with Gasteiger partial charge in [0.25, 0.3) is 5.91 Å². The first kappa shape index (κ1) is 19.5. The first-order valence-corrected chi connectivity index (χ1v) is 10.1. The number of nitrogens with one attached hydrogen (secondary N) is 1. The fourth-order valence-electron chi connectivity index (χ4n) is 4.13. The smallest absolute Gasteiger partial charge is 0.322 e. The van der Waals surface area contributed by atoms with E-state index >= 15 is 0 Å². The Morgan fingerprint density at radius 3 is 2.55 bits per heavy atom. The number of urea groups is 1. The summed E-state index contributed by atoms with van der Waals surface area (Å²) in [5.74, 6) is -0.269. The maximum Gasteiger partial charge on any atom is 0.322 e. The predicted octanol–water partition coefficient (Wildman–Crippen LogP) is 2.31. The van der Waals surface area contributed by atoms with Crippen LogP contribution in [0, 0.1) is 0 Å². The van der Waals surface area contributed by atoms with Crippen molar-refractivity contribution in [1.82, 2.24) is 20.0 Å². The van der Waals surface area contributed by atoms with E-state index in [9.17, 15) is 14.4 Å². The molecule has 1 aromatic rings. The molecule has 8 heteroatoms. The Bertz CT molecular complexity index is 890. The number of amides is 4. The Labute approximate surface area is 174 Å². The molecule has 152 valence electrons. The highest BCUT2D eigenvalue weighted by Crippen LogP contribution is 2.36. The van der Waals surface area contributed by atoms with E-state index in [1.54, 1.807) is 35.2 Å². The molecule has 0 saturated carbocycles. The number of halogens is 1. The fraction of sp³-hybridized carbons (Fsp3) is 0.381. The average Bonchev–Trinajstić information content (AvgIpc) is 3.34. The van der Waals surface area contributed by atoms with Crippen LogP contribution in [0.25, 0.3) is 0 Å². The third-order valence-corrected chi connectivity index (χ3v) is 5.85. The molecule has 0 spiro atoms. The molecule has 3 heterocycles. The van der Waals surface area contributed by atoms with Crippen LogP contribution in [0.2, 0.25) is 5.02 Å². The van der Waals surface area contributed by atoms with Gasteiger partial charge in [0, 0.05) is 24.7 Å². The van der Waals surface area contributed by atoms with Crippen LogP contribution < -0.4 is 5.32 Å². The Morgan fingerprint density at radius 1 is 1.21 bits per heavy atom. The van der Waals surface area contributed by atoms with E-state index in [-0.39, 0.29) is 30.9 Å². The van der Waals surface area contributed by atoms with Crippen LogP contribution in [-0.4, -0.2) is 65.3 Å². The number of carbonyl (C=O) groups is 3. The van der Waals surface area contributed by atoms with Gasteiger partial charge in [0.1, 0.15) is 6.54 Å². The molecule has 0 aliphatic carbocycles. The number of hydrogen-bond donors (Lipinski definition) is 1. The van der Waals surface area contributed by atoms with Gasteiger partial charge >= 0.3 is 6.03 Å². The van der Waals surface area contributed by atoms with E-state index in [2.05, 4.69) is 11.9 Å². The number of nitrogens with zero attached hydrogens (tertiary/aromatic N) is 3. The van der Waals surface area contributed by atoms with Crippen LogP contribution in [0.15, 0.2) is 48.2 Å². The molecule has 0 aromatic heterocycles. The molecule has 4 rings (SSSR count). The van der Waals surface area contributed by atoms with Crippen molar-refractivity contribution in [3.05, 3.63) is 58.8 Å². The van der Waals surface area contributed by atoms with E-state index < -0.39 is 6.04 Å². The highest BCUT2D eigenvalue weighted by atomic mass is 35.5. The van der Waals surface area contributed by atoms with Crippen molar-refractivity contribution in [2.24, 2.45) is 0 Å². The molecule has 1 N–H and O–H groups in total. The summed E-state index contributed by atoms with van der Waals surface area (Å²) in [6.07, 6.45) is 3.62. The first-order chi connectivity index (χ1) is 14.0. The van der Waals surface area contributed by atoms with Gasteiger partial charge in [-0.2, -0.15) is 0 Å². The molecule has 0 radical (unpaired) electrons. The lowest BCUT2D eigenvalue weighted by Gasteiger charge is -2.33. The standard InChI is InChI=1S/C21H23ClN4O3/c1-2-9-26-16-12-25(13-17(27)24-10-3-4-11-24)20(28)18(16)19(23-21(26)29)14-5-7-15(22)8-6-14/h2,5-8,19H,1,3-4,9-13H2,(H,23,29)/t19-/m0/s1. The quantitative estimate of drug-likeness (QED) is 0.751. The summed E-state index contributed by atoms with van der Waals surface area (Å²) in [6, 6.07) is 6.19.